The van der Waals surface area contributed by atoms with Crippen LogP contribution < -0.4 is 9.47 Å². The summed E-state index contributed by atoms with van der Waals surface area (Å²) in [6, 6.07) is 11.3. The Morgan fingerprint density at radius 1 is 1.05 bits per heavy atom. The standard InChI is InChI=1S/C27H24ClF3N4O2/c1-16-25(34-26(35(16)14-17-3-4-17)18-5-10-24(28)33-12-18)22-9-8-21(11-23(22)36-2)37-15-20-7-6-19(13-32-20)27(29,30)31/h5-13,17H,3-4,14-15H2,1-2H3. The number of hydrogen-bond donors (Lipinski definition) is 0. The lowest BCUT2D eigenvalue weighted by molar-refractivity contribution is -0.137. The molecule has 0 radical (unpaired) electrons. The molecule has 5 rings (SSSR count). The minimum absolute atomic E-state index is 0.0173. The molecule has 37 heavy (non-hydrogen) atoms. The van der Waals surface area contributed by atoms with E-state index in [9.17, 15) is 13.2 Å². The van der Waals surface area contributed by atoms with E-state index in [0.29, 0.717) is 28.3 Å². The van der Waals surface area contributed by atoms with Gasteiger partial charge in [0, 0.05) is 41.8 Å². The number of alkyl halides is 3. The number of aromatic nitrogens is 4. The molecule has 1 saturated carbocycles. The number of imidazole rings is 1. The highest BCUT2D eigenvalue weighted by Gasteiger charge is 2.30. The zero-order valence-electron chi connectivity index (χ0n) is 20.2. The third kappa shape index (κ3) is 5.56. The largest absolute Gasteiger partial charge is 0.496 e. The summed E-state index contributed by atoms with van der Waals surface area (Å²) >= 11 is 5.99. The lowest BCUT2D eigenvalue weighted by Crippen LogP contribution is -2.07. The van der Waals surface area contributed by atoms with Crippen molar-refractivity contribution in [2.45, 2.75) is 39.1 Å². The zero-order valence-corrected chi connectivity index (χ0v) is 21.0. The lowest BCUT2D eigenvalue weighted by Gasteiger charge is -2.12. The molecule has 3 heterocycles. The van der Waals surface area contributed by atoms with Gasteiger partial charge in [-0.3, -0.25) is 4.98 Å². The molecule has 0 amide bonds. The number of hydrogen-bond acceptors (Lipinski definition) is 5. The van der Waals surface area contributed by atoms with E-state index >= 15 is 0 Å². The van der Waals surface area contributed by atoms with Gasteiger partial charge in [0.15, 0.2) is 0 Å². The van der Waals surface area contributed by atoms with Gasteiger partial charge in [-0.25, -0.2) is 9.97 Å². The minimum atomic E-state index is -4.43. The molecule has 0 N–H and O–H groups in total. The smallest absolute Gasteiger partial charge is 0.417 e. The molecule has 4 aromatic rings. The topological polar surface area (TPSA) is 62.1 Å². The van der Waals surface area contributed by atoms with E-state index in [1.165, 1.54) is 18.9 Å². The average Bonchev–Trinajstić information content (AvgIpc) is 3.66. The molecule has 0 spiro atoms. The monoisotopic (exact) mass is 528 g/mol. The molecule has 1 fully saturated rings. The van der Waals surface area contributed by atoms with Gasteiger partial charge in [0.25, 0.3) is 0 Å². The van der Waals surface area contributed by atoms with Gasteiger partial charge in [0.1, 0.15) is 29.1 Å². The molecule has 3 aromatic heterocycles. The second kappa shape index (κ2) is 10.0. The first kappa shape index (κ1) is 25.1. The molecular weight excluding hydrogens is 505 g/mol. The second-order valence-corrected chi connectivity index (χ2v) is 9.37. The van der Waals surface area contributed by atoms with E-state index in [-0.39, 0.29) is 6.61 Å². The predicted molar refractivity (Wildman–Crippen MR) is 133 cm³/mol. The summed E-state index contributed by atoms with van der Waals surface area (Å²) in [5.74, 6) is 2.52. The Labute approximate surface area is 217 Å². The SMILES string of the molecule is COc1cc(OCc2ccc(C(F)(F)F)cn2)ccc1-c1nc(-c2ccc(Cl)nc2)n(CC2CC2)c1C. The number of rotatable bonds is 8. The van der Waals surface area contributed by atoms with Crippen LogP contribution in [0.25, 0.3) is 22.6 Å². The van der Waals surface area contributed by atoms with Crippen molar-refractivity contribution in [2.75, 3.05) is 7.11 Å². The van der Waals surface area contributed by atoms with Crippen LogP contribution in [0.2, 0.25) is 5.15 Å². The maximum absolute atomic E-state index is 12.8. The van der Waals surface area contributed by atoms with Gasteiger partial charge in [-0.2, -0.15) is 13.2 Å². The van der Waals surface area contributed by atoms with E-state index < -0.39 is 11.7 Å². The van der Waals surface area contributed by atoms with E-state index in [1.54, 1.807) is 31.5 Å². The average molecular weight is 529 g/mol. The maximum atomic E-state index is 12.8. The summed E-state index contributed by atoms with van der Waals surface area (Å²) in [7, 11) is 1.57. The molecule has 0 bridgehead atoms. The van der Waals surface area contributed by atoms with E-state index in [0.717, 1.165) is 47.1 Å². The molecule has 192 valence electrons. The number of benzene rings is 1. The Kier molecular flexibility index (Phi) is 6.81. The minimum Gasteiger partial charge on any atom is -0.496 e. The summed E-state index contributed by atoms with van der Waals surface area (Å²) in [5, 5.41) is 0.421. The summed E-state index contributed by atoms with van der Waals surface area (Å²) in [6.45, 7) is 2.93. The third-order valence-corrected chi connectivity index (χ3v) is 6.53. The summed E-state index contributed by atoms with van der Waals surface area (Å²) in [6.07, 6.45) is 0.504. The number of pyridine rings is 2. The number of ether oxygens (including phenoxy) is 2. The highest BCUT2D eigenvalue weighted by molar-refractivity contribution is 6.29. The molecule has 0 aliphatic heterocycles. The Balaban J connectivity index is 1.41. The Bertz CT molecular complexity index is 1400. The van der Waals surface area contributed by atoms with Gasteiger partial charge in [0.2, 0.25) is 0 Å². The van der Waals surface area contributed by atoms with Gasteiger partial charge >= 0.3 is 6.18 Å². The van der Waals surface area contributed by atoms with Crippen LogP contribution in [0.4, 0.5) is 13.2 Å². The highest BCUT2D eigenvalue weighted by Crippen LogP contribution is 2.39. The van der Waals surface area contributed by atoms with Crippen molar-refractivity contribution < 1.29 is 22.6 Å². The van der Waals surface area contributed by atoms with E-state index in [1.807, 2.05) is 19.1 Å². The van der Waals surface area contributed by atoms with Crippen LogP contribution in [-0.4, -0.2) is 26.6 Å². The van der Waals surface area contributed by atoms with Crippen LogP contribution in [0.3, 0.4) is 0 Å². The molecule has 1 aliphatic rings. The van der Waals surface area contributed by atoms with Crippen molar-refractivity contribution in [1.29, 1.82) is 0 Å². The first-order valence-electron chi connectivity index (χ1n) is 11.8. The fourth-order valence-electron chi connectivity index (χ4n) is 4.09. The first-order valence-corrected chi connectivity index (χ1v) is 12.1. The summed E-state index contributed by atoms with van der Waals surface area (Å²) < 4.78 is 52.0. The van der Waals surface area contributed by atoms with Gasteiger partial charge in [-0.1, -0.05) is 11.6 Å². The first-order chi connectivity index (χ1) is 17.7. The third-order valence-electron chi connectivity index (χ3n) is 6.31. The molecule has 6 nitrogen and oxygen atoms in total. The van der Waals surface area contributed by atoms with Crippen molar-refractivity contribution in [3.05, 3.63) is 77.0 Å². The summed E-state index contributed by atoms with van der Waals surface area (Å²) in [5.41, 5.74) is 3.07. The normalized spacial score (nSPS) is 13.6. The van der Waals surface area contributed by atoms with Gasteiger partial charge < -0.3 is 14.0 Å². The highest BCUT2D eigenvalue weighted by atomic mass is 35.5. The van der Waals surface area contributed by atoms with Gasteiger partial charge in [-0.05, 0) is 62.1 Å². The fourth-order valence-corrected chi connectivity index (χ4v) is 4.20. The quantitative estimate of drug-likeness (QED) is 0.231. The van der Waals surface area contributed by atoms with E-state index in [2.05, 4.69) is 14.5 Å². The van der Waals surface area contributed by atoms with Crippen molar-refractivity contribution in [3.8, 4) is 34.1 Å². The predicted octanol–water partition coefficient (Wildman–Crippen LogP) is 6.99. The van der Waals surface area contributed by atoms with Crippen molar-refractivity contribution in [3.63, 3.8) is 0 Å². The van der Waals surface area contributed by atoms with Crippen LogP contribution in [0, 0.1) is 12.8 Å². The van der Waals surface area contributed by atoms with Crippen molar-refractivity contribution in [2.24, 2.45) is 5.92 Å². The number of halogens is 4. The fraction of sp³-hybridized carbons (Fsp3) is 0.296. The molecule has 10 heteroatoms. The molecular formula is C27H24ClF3N4O2. The number of methoxy groups -OCH3 is 1. The zero-order chi connectivity index (χ0) is 26.2. The summed E-state index contributed by atoms with van der Waals surface area (Å²) in [4.78, 5) is 13.1. The molecule has 1 aliphatic carbocycles. The maximum Gasteiger partial charge on any atom is 0.417 e. The Morgan fingerprint density at radius 3 is 2.49 bits per heavy atom. The molecule has 0 unspecified atom stereocenters. The van der Waals surface area contributed by atoms with Crippen LogP contribution in [0.1, 0.15) is 29.8 Å². The molecule has 0 atom stereocenters. The van der Waals surface area contributed by atoms with Crippen LogP contribution in [-0.2, 0) is 19.3 Å². The molecule has 0 saturated heterocycles. The van der Waals surface area contributed by atoms with Crippen molar-refractivity contribution in [1.82, 2.24) is 19.5 Å². The van der Waals surface area contributed by atoms with Crippen LogP contribution in [0.15, 0.2) is 54.9 Å². The Morgan fingerprint density at radius 2 is 1.86 bits per heavy atom. The van der Waals surface area contributed by atoms with Gasteiger partial charge in [-0.15, -0.1) is 0 Å². The Hall–Kier alpha value is -3.59. The van der Waals surface area contributed by atoms with Crippen molar-refractivity contribution >= 4 is 11.6 Å². The number of nitrogens with zero attached hydrogens (tertiary/aromatic N) is 4. The lowest BCUT2D eigenvalue weighted by atomic mass is 10.1. The van der Waals surface area contributed by atoms with Crippen LogP contribution >= 0.6 is 11.6 Å². The molecule has 1 aromatic carbocycles. The van der Waals surface area contributed by atoms with Crippen LogP contribution in [0.5, 0.6) is 11.5 Å². The second-order valence-electron chi connectivity index (χ2n) is 8.98. The van der Waals surface area contributed by atoms with Gasteiger partial charge in [0.05, 0.1) is 24.1 Å². The van der Waals surface area contributed by atoms with E-state index in [4.69, 9.17) is 26.1 Å².